The third kappa shape index (κ3) is 4.52. The van der Waals surface area contributed by atoms with Crippen molar-refractivity contribution in [3.63, 3.8) is 0 Å². The minimum absolute atomic E-state index is 0.357. The minimum atomic E-state index is -0.470. The normalized spacial score (nSPS) is 11.6. The van der Waals surface area contributed by atoms with Gasteiger partial charge < -0.3 is 4.42 Å². The Balaban J connectivity index is 1.32. The lowest BCUT2D eigenvalue weighted by Crippen LogP contribution is -2.03. The van der Waals surface area contributed by atoms with E-state index in [4.69, 9.17) is 14.5 Å². The maximum absolute atomic E-state index is 13.0. The topological polar surface area (TPSA) is 84.7 Å². The fraction of sp³-hybridized carbons (Fsp3) is 0. The molecule has 7 rings (SSSR count). The van der Waals surface area contributed by atoms with Crippen molar-refractivity contribution in [3.8, 4) is 34.3 Å². The predicted molar refractivity (Wildman–Crippen MR) is 164 cm³/mol. The van der Waals surface area contributed by atoms with E-state index in [1.165, 1.54) is 11.3 Å². The number of aromatic nitrogens is 3. The molecule has 0 aliphatic rings. The largest absolute Gasteiger partial charge is 0.422 e. The molecule has 6 nitrogen and oxygen atoms in total. The van der Waals surface area contributed by atoms with E-state index < -0.39 is 5.63 Å². The molecule has 0 N–H and O–H groups in total. The molecule has 3 heterocycles. The van der Waals surface area contributed by atoms with Crippen molar-refractivity contribution >= 4 is 44.7 Å². The van der Waals surface area contributed by atoms with Crippen LogP contribution < -0.4 is 5.63 Å². The average molecular weight is 549 g/mol. The maximum atomic E-state index is 13.0. The van der Waals surface area contributed by atoms with E-state index in [2.05, 4.69) is 6.07 Å². The Bertz CT molecular complexity index is 2190. The summed E-state index contributed by atoms with van der Waals surface area (Å²) in [7, 11) is 0. The van der Waals surface area contributed by atoms with Gasteiger partial charge in [0.15, 0.2) is 0 Å². The molecule has 7 aromatic rings. The molecule has 0 unspecified atom stereocenters. The van der Waals surface area contributed by atoms with E-state index in [-0.39, 0.29) is 0 Å². The fourth-order valence-electron chi connectivity index (χ4n) is 4.89. The molecule has 194 valence electrons. The molecule has 41 heavy (non-hydrogen) atoms. The van der Waals surface area contributed by atoms with Crippen LogP contribution >= 0.6 is 11.3 Å². The van der Waals surface area contributed by atoms with E-state index in [9.17, 15) is 10.1 Å². The Morgan fingerprint density at radius 2 is 1.66 bits per heavy atom. The van der Waals surface area contributed by atoms with Gasteiger partial charge in [-0.15, -0.1) is 11.3 Å². The van der Waals surface area contributed by atoms with Crippen LogP contribution in [0.5, 0.6) is 0 Å². The Hall–Kier alpha value is -5.58. The van der Waals surface area contributed by atoms with Crippen LogP contribution in [0.1, 0.15) is 10.6 Å². The molecule has 0 fully saturated rings. The van der Waals surface area contributed by atoms with Crippen LogP contribution in [0.2, 0.25) is 0 Å². The van der Waals surface area contributed by atoms with Gasteiger partial charge in [0.2, 0.25) is 0 Å². The molecule has 0 aliphatic carbocycles. The van der Waals surface area contributed by atoms with Gasteiger partial charge >= 0.3 is 5.63 Å². The third-order valence-corrected chi connectivity index (χ3v) is 7.76. The molecule has 3 aromatic heterocycles. The summed E-state index contributed by atoms with van der Waals surface area (Å²) < 4.78 is 7.48. The second kappa shape index (κ2) is 10.2. The maximum Gasteiger partial charge on any atom is 0.345 e. The van der Waals surface area contributed by atoms with Crippen LogP contribution in [0.4, 0.5) is 0 Å². The van der Waals surface area contributed by atoms with Gasteiger partial charge in [0, 0.05) is 28.1 Å². The fourth-order valence-corrected chi connectivity index (χ4v) is 5.68. The highest BCUT2D eigenvalue weighted by Crippen LogP contribution is 2.32. The van der Waals surface area contributed by atoms with Gasteiger partial charge in [0.1, 0.15) is 16.7 Å². The van der Waals surface area contributed by atoms with Gasteiger partial charge in [-0.05, 0) is 41.1 Å². The average Bonchev–Trinajstić information content (AvgIpc) is 3.68. The van der Waals surface area contributed by atoms with Crippen LogP contribution in [0, 0.1) is 11.3 Å². The number of nitrogens with zero attached hydrogens (tertiary/aromatic N) is 4. The number of thiazole rings is 1. The Labute approximate surface area is 238 Å². The van der Waals surface area contributed by atoms with E-state index in [0.29, 0.717) is 27.4 Å². The molecule has 0 radical (unpaired) electrons. The van der Waals surface area contributed by atoms with Gasteiger partial charge in [-0.1, -0.05) is 78.9 Å². The summed E-state index contributed by atoms with van der Waals surface area (Å²) in [5.74, 6) is 0. The summed E-state index contributed by atoms with van der Waals surface area (Å²) in [6, 6.07) is 35.5. The van der Waals surface area contributed by atoms with Crippen LogP contribution in [0.15, 0.2) is 124 Å². The standard InChI is InChI=1S/C34H20N4O2S/c35-19-24(17-25-20-38(26-12-5-2-6-13-26)37-32(25)23-10-3-1-4-11-23)33-36-30(21-41-33)29-18-28-27-14-8-7-9-22(27)15-16-31(28)40-34(29)39/h1-18,20-21H/b24-17+. The number of rotatable bonds is 5. The van der Waals surface area contributed by atoms with Gasteiger partial charge in [0.25, 0.3) is 0 Å². The van der Waals surface area contributed by atoms with Crippen LogP contribution in [0.3, 0.4) is 0 Å². The van der Waals surface area contributed by atoms with Crippen molar-refractivity contribution in [3.05, 3.63) is 136 Å². The molecular weight excluding hydrogens is 528 g/mol. The van der Waals surface area contributed by atoms with E-state index in [1.54, 1.807) is 16.1 Å². The quantitative estimate of drug-likeness (QED) is 0.124. The van der Waals surface area contributed by atoms with Crippen molar-refractivity contribution in [2.75, 3.05) is 0 Å². The molecule has 0 amide bonds. The van der Waals surface area contributed by atoms with Crippen molar-refractivity contribution in [1.82, 2.24) is 14.8 Å². The van der Waals surface area contributed by atoms with Crippen LogP contribution in [0.25, 0.3) is 61.6 Å². The number of allylic oxidation sites excluding steroid dienone is 1. The Morgan fingerprint density at radius 3 is 2.46 bits per heavy atom. The second-order valence-corrected chi connectivity index (χ2v) is 10.3. The molecule has 0 aliphatic heterocycles. The summed E-state index contributed by atoms with van der Waals surface area (Å²) in [5, 5.41) is 20.2. The number of benzene rings is 4. The summed E-state index contributed by atoms with van der Waals surface area (Å²) >= 11 is 1.31. The molecule has 7 heteroatoms. The van der Waals surface area contributed by atoms with E-state index in [1.807, 2.05) is 109 Å². The SMILES string of the molecule is N#C/C(=C\c1cn(-c2ccccc2)nc1-c1ccccc1)c1nc(-c2cc3c(ccc4ccccc43)oc2=O)cs1. The molecule has 0 saturated heterocycles. The number of para-hydroxylation sites is 1. The lowest BCUT2D eigenvalue weighted by atomic mass is 10.0. The zero-order valence-corrected chi connectivity index (χ0v) is 22.4. The molecule has 0 atom stereocenters. The molecule has 0 saturated carbocycles. The summed E-state index contributed by atoms with van der Waals surface area (Å²) in [4.78, 5) is 17.7. The summed E-state index contributed by atoms with van der Waals surface area (Å²) in [6.07, 6.45) is 3.71. The summed E-state index contributed by atoms with van der Waals surface area (Å²) in [5.41, 5.74) is 4.64. The lowest BCUT2D eigenvalue weighted by molar-refractivity contribution is 0.563. The highest BCUT2D eigenvalue weighted by Gasteiger charge is 2.17. The molecule has 0 spiro atoms. The van der Waals surface area contributed by atoms with Crippen molar-refractivity contribution in [2.24, 2.45) is 0 Å². The van der Waals surface area contributed by atoms with Crippen molar-refractivity contribution in [1.29, 1.82) is 5.26 Å². The zero-order valence-electron chi connectivity index (χ0n) is 21.6. The molecular formula is C34H20N4O2S. The molecule has 4 aromatic carbocycles. The van der Waals surface area contributed by atoms with Crippen molar-refractivity contribution in [2.45, 2.75) is 0 Å². The van der Waals surface area contributed by atoms with Crippen molar-refractivity contribution < 1.29 is 4.42 Å². The van der Waals surface area contributed by atoms with E-state index in [0.717, 1.165) is 38.7 Å². The van der Waals surface area contributed by atoms with Gasteiger partial charge in [0.05, 0.1) is 28.2 Å². The highest BCUT2D eigenvalue weighted by molar-refractivity contribution is 7.11. The number of hydrogen-bond acceptors (Lipinski definition) is 6. The van der Waals surface area contributed by atoms with Gasteiger partial charge in [-0.25, -0.2) is 14.5 Å². The monoisotopic (exact) mass is 548 g/mol. The van der Waals surface area contributed by atoms with Gasteiger partial charge in [-0.3, -0.25) is 0 Å². The molecule has 0 bridgehead atoms. The first-order valence-electron chi connectivity index (χ1n) is 12.9. The van der Waals surface area contributed by atoms with Crippen LogP contribution in [-0.4, -0.2) is 14.8 Å². The van der Waals surface area contributed by atoms with Crippen LogP contribution in [-0.2, 0) is 0 Å². The predicted octanol–water partition coefficient (Wildman–Crippen LogP) is 7.99. The Morgan fingerprint density at radius 1 is 0.902 bits per heavy atom. The third-order valence-electron chi connectivity index (χ3n) is 6.88. The van der Waals surface area contributed by atoms with E-state index >= 15 is 0 Å². The minimum Gasteiger partial charge on any atom is -0.422 e. The number of nitriles is 1. The zero-order chi connectivity index (χ0) is 27.8. The second-order valence-electron chi connectivity index (χ2n) is 9.43. The first kappa shape index (κ1) is 24.5. The first-order chi connectivity index (χ1) is 20.2. The number of fused-ring (bicyclic) bond motifs is 3. The summed E-state index contributed by atoms with van der Waals surface area (Å²) in [6.45, 7) is 0. The lowest BCUT2D eigenvalue weighted by Gasteiger charge is -2.04. The first-order valence-corrected chi connectivity index (χ1v) is 13.8. The smallest absolute Gasteiger partial charge is 0.345 e. The number of hydrogen-bond donors (Lipinski definition) is 0. The Kier molecular flexibility index (Phi) is 6.08. The van der Waals surface area contributed by atoms with Gasteiger partial charge in [-0.2, -0.15) is 10.4 Å². The highest BCUT2D eigenvalue weighted by atomic mass is 32.1.